The zero-order chi connectivity index (χ0) is 20.9. The van der Waals surface area contributed by atoms with Crippen molar-refractivity contribution in [2.45, 2.75) is 0 Å². The number of nitrogens with one attached hydrogen (secondary N) is 2. The van der Waals surface area contributed by atoms with Crippen LogP contribution in [0.4, 0.5) is 5.69 Å². The third kappa shape index (κ3) is 4.58. The number of anilines is 1. The molecule has 0 unspecified atom stereocenters. The smallest absolute Gasteiger partial charge is 0.257 e. The molecule has 4 aromatic rings. The van der Waals surface area contributed by atoms with Gasteiger partial charge in [-0.15, -0.1) is 0 Å². The number of carbonyl (C=O) groups is 1. The summed E-state index contributed by atoms with van der Waals surface area (Å²) in [5.74, 6) is 0.344. The van der Waals surface area contributed by atoms with E-state index in [1.807, 2.05) is 36.4 Å². The van der Waals surface area contributed by atoms with Crippen LogP contribution in [0.3, 0.4) is 0 Å². The Balaban J connectivity index is 1.54. The van der Waals surface area contributed by atoms with E-state index in [1.165, 1.54) is 6.20 Å². The Morgan fingerprint density at radius 3 is 2.60 bits per heavy atom. The first-order valence-corrected chi connectivity index (χ1v) is 10.1. The number of carbonyl (C=O) groups excluding carboxylic acids is 1. The normalized spacial score (nSPS) is 11.0. The van der Waals surface area contributed by atoms with Crippen molar-refractivity contribution < 1.29 is 4.79 Å². The number of aromatic nitrogens is 4. The van der Waals surface area contributed by atoms with E-state index in [1.54, 1.807) is 41.4 Å². The van der Waals surface area contributed by atoms with Gasteiger partial charge in [0.25, 0.3) is 5.91 Å². The minimum absolute atomic E-state index is 0.224. The zero-order valence-electron chi connectivity index (χ0n) is 15.5. The van der Waals surface area contributed by atoms with Crippen molar-refractivity contribution in [2.75, 3.05) is 5.32 Å². The lowest BCUT2D eigenvalue weighted by Gasteiger charge is -2.06. The van der Waals surface area contributed by atoms with E-state index in [2.05, 4.69) is 41.5 Å². The van der Waals surface area contributed by atoms with Crippen LogP contribution >= 0.6 is 28.1 Å². The Bertz CT molecular complexity index is 1250. The van der Waals surface area contributed by atoms with Crippen molar-refractivity contribution >= 4 is 46.0 Å². The molecule has 0 aliphatic rings. The van der Waals surface area contributed by atoms with E-state index in [0.29, 0.717) is 21.8 Å². The van der Waals surface area contributed by atoms with Crippen LogP contribution in [-0.4, -0.2) is 32.0 Å². The molecule has 1 amide bonds. The Kier molecular flexibility index (Phi) is 5.92. The quantitative estimate of drug-likeness (QED) is 0.315. The van der Waals surface area contributed by atoms with Gasteiger partial charge in [-0.1, -0.05) is 28.1 Å². The van der Waals surface area contributed by atoms with E-state index >= 15 is 0 Å². The van der Waals surface area contributed by atoms with Gasteiger partial charge in [-0.25, -0.2) is 5.10 Å². The molecule has 0 aliphatic heterocycles. The van der Waals surface area contributed by atoms with Crippen LogP contribution < -0.4 is 5.32 Å². The standard InChI is InChI=1S/C21H15BrN6OS/c22-17-7-3-14(4-8-17)12-24-28-19(26-27-21(28)30)15-5-9-18(10-6-15)25-20(29)16-2-1-11-23-13-16/h1-13H,(H,25,29)(H,27,30)/b24-12+. The van der Waals surface area contributed by atoms with E-state index in [4.69, 9.17) is 12.2 Å². The summed E-state index contributed by atoms with van der Waals surface area (Å²) >= 11 is 8.72. The second kappa shape index (κ2) is 8.93. The molecule has 0 radical (unpaired) electrons. The first-order chi connectivity index (χ1) is 14.6. The fourth-order valence-electron chi connectivity index (χ4n) is 2.66. The number of hydrogen-bond donors (Lipinski definition) is 2. The topological polar surface area (TPSA) is 88.0 Å². The molecule has 30 heavy (non-hydrogen) atoms. The SMILES string of the molecule is O=C(Nc1ccc(-c2n[nH]c(=S)n2/N=C/c2ccc(Br)cc2)cc1)c1cccnc1. The molecule has 0 aliphatic carbocycles. The lowest BCUT2D eigenvalue weighted by Crippen LogP contribution is -2.11. The second-order valence-electron chi connectivity index (χ2n) is 6.23. The maximum atomic E-state index is 12.3. The number of amides is 1. The summed E-state index contributed by atoms with van der Waals surface area (Å²) in [6, 6.07) is 18.5. The van der Waals surface area contributed by atoms with Gasteiger partial charge >= 0.3 is 0 Å². The number of pyridine rings is 1. The third-order valence-corrected chi connectivity index (χ3v) is 4.96. The van der Waals surface area contributed by atoms with Crippen molar-refractivity contribution in [1.29, 1.82) is 0 Å². The summed E-state index contributed by atoms with van der Waals surface area (Å²) in [6.45, 7) is 0. The van der Waals surface area contributed by atoms with Crippen molar-refractivity contribution in [3.8, 4) is 11.4 Å². The lowest BCUT2D eigenvalue weighted by molar-refractivity contribution is 0.102. The van der Waals surface area contributed by atoms with Gasteiger partial charge in [-0.3, -0.25) is 9.78 Å². The lowest BCUT2D eigenvalue weighted by atomic mass is 10.2. The van der Waals surface area contributed by atoms with Crippen molar-refractivity contribution in [3.05, 3.63) is 93.4 Å². The van der Waals surface area contributed by atoms with Gasteiger partial charge in [0.2, 0.25) is 4.77 Å². The fraction of sp³-hybridized carbons (Fsp3) is 0. The van der Waals surface area contributed by atoms with Crippen LogP contribution in [0.2, 0.25) is 0 Å². The highest BCUT2D eigenvalue weighted by molar-refractivity contribution is 9.10. The molecule has 0 bridgehead atoms. The molecule has 0 saturated carbocycles. The average Bonchev–Trinajstić information content (AvgIpc) is 3.15. The summed E-state index contributed by atoms with van der Waals surface area (Å²) in [4.78, 5) is 16.2. The van der Waals surface area contributed by atoms with Gasteiger partial charge in [0.1, 0.15) is 0 Å². The molecule has 0 atom stereocenters. The molecule has 7 nitrogen and oxygen atoms in total. The van der Waals surface area contributed by atoms with Crippen molar-refractivity contribution in [2.24, 2.45) is 5.10 Å². The average molecular weight is 479 g/mol. The maximum absolute atomic E-state index is 12.3. The van der Waals surface area contributed by atoms with Crippen LogP contribution in [0.15, 0.2) is 82.6 Å². The summed E-state index contributed by atoms with van der Waals surface area (Å²) in [5.41, 5.74) is 2.88. The van der Waals surface area contributed by atoms with Crippen molar-refractivity contribution in [3.63, 3.8) is 0 Å². The Morgan fingerprint density at radius 2 is 1.90 bits per heavy atom. The number of halogens is 1. The molecule has 0 spiro atoms. The Hall–Kier alpha value is -3.43. The van der Waals surface area contributed by atoms with Crippen LogP contribution in [0.1, 0.15) is 15.9 Å². The van der Waals surface area contributed by atoms with E-state index < -0.39 is 0 Å². The highest BCUT2D eigenvalue weighted by Crippen LogP contribution is 2.20. The summed E-state index contributed by atoms with van der Waals surface area (Å²) in [5, 5.41) is 14.3. The van der Waals surface area contributed by atoms with Gasteiger partial charge in [-0.2, -0.15) is 14.9 Å². The third-order valence-electron chi connectivity index (χ3n) is 4.17. The molecular weight excluding hydrogens is 464 g/mol. The van der Waals surface area contributed by atoms with Gasteiger partial charge in [0.15, 0.2) is 5.82 Å². The van der Waals surface area contributed by atoms with Crippen LogP contribution in [-0.2, 0) is 0 Å². The van der Waals surface area contributed by atoms with E-state index in [0.717, 1.165) is 15.6 Å². The van der Waals surface area contributed by atoms with Gasteiger partial charge in [0.05, 0.1) is 11.8 Å². The van der Waals surface area contributed by atoms with Gasteiger partial charge in [0, 0.05) is 28.1 Å². The molecule has 148 valence electrons. The molecule has 2 heterocycles. The minimum atomic E-state index is -0.224. The largest absolute Gasteiger partial charge is 0.322 e. The molecule has 2 N–H and O–H groups in total. The number of benzene rings is 2. The van der Waals surface area contributed by atoms with Crippen LogP contribution in [0.5, 0.6) is 0 Å². The summed E-state index contributed by atoms with van der Waals surface area (Å²) in [7, 11) is 0. The number of aromatic amines is 1. The number of rotatable bonds is 5. The summed E-state index contributed by atoms with van der Waals surface area (Å²) in [6.07, 6.45) is 4.85. The number of nitrogens with zero attached hydrogens (tertiary/aromatic N) is 4. The van der Waals surface area contributed by atoms with Gasteiger partial charge < -0.3 is 5.32 Å². The predicted molar refractivity (Wildman–Crippen MR) is 122 cm³/mol. The summed E-state index contributed by atoms with van der Waals surface area (Å²) < 4.78 is 2.93. The number of hydrogen-bond acceptors (Lipinski definition) is 5. The van der Waals surface area contributed by atoms with E-state index in [9.17, 15) is 4.79 Å². The minimum Gasteiger partial charge on any atom is -0.322 e. The number of H-pyrrole nitrogens is 1. The van der Waals surface area contributed by atoms with Gasteiger partial charge in [-0.05, 0) is 66.3 Å². The highest BCUT2D eigenvalue weighted by Gasteiger charge is 2.10. The first-order valence-electron chi connectivity index (χ1n) is 8.89. The molecule has 2 aromatic carbocycles. The molecule has 0 fully saturated rings. The molecular formula is C21H15BrN6OS. The predicted octanol–water partition coefficient (Wildman–Crippen LogP) is 4.90. The Labute approximate surface area is 185 Å². The molecule has 2 aromatic heterocycles. The zero-order valence-corrected chi connectivity index (χ0v) is 17.9. The van der Waals surface area contributed by atoms with Crippen molar-refractivity contribution in [1.82, 2.24) is 19.9 Å². The second-order valence-corrected chi connectivity index (χ2v) is 7.54. The van der Waals surface area contributed by atoms with Crippen LogP contribution in [0, 0.1) is 4.77 Å². The molecule has 0 saturated heterocycles. The monoisotopic (exact) mass is 478 g/mol. The first kappa shape index (κ1) is 19.9. The Morgan fingerprint density at radius 1 is 1.13 bits per heavy atom. The van der Waals surface area contributed by atoms with E-state index in [-0.39, 0.29) is 5.91 Å². The maximum Gasteiger partial charge on any atom is 0.257 e. The molecule has 9 heteroatoms. The highest BCUT2D eigenvalue weighted by atomic mass is 79.9. The fourth-order valence-corrected chi connectivity index (χ4v) is 3.11. The van der Waals surface area contributed by atoms with Crippen LogP contribution in [0.25, 0.3) is 11.4 Å². The molecule has 4 rings (SSSR count).